The minimum atomic E-state index is -0.139. The molecule has 0 saturated carbocycles. The van der Waals surface area contributed by atoms with Crippen LogP contribution in [0, 0.1) is 0 Å². The Hall–Kier alpha value is -6.76. The lowest BCUT2D eigenvalue weighted by molar-refractivity contribution is 0.332. The Kier molecular flexibility index (Phi) is 6.91. The van der Waals surface area contributed by atoms with Gasteiger partial charge in [0.15, 0.2) is 0 Å². The van der Waals surface area contributed by atoms with E-state index in [4.69, 9.17) is 8.83 Å². The molecule has 0 saturated heterocycles. The van der Waals surface area contributed by atoms with Crippen LogP contribution in [0.4, 0.5) is 11.4 Å². The fraction of sp³-hybridized carbons (Fsp3) is 0.200. The molecule has 0 radical (unpaired) electrons. The normalized spacial score (nSPS) is 16.2. The molecule has 0 N–H and O–H groups in total. The molecule has 1 aliphatic carbocycles. The van der Waals surface area contributed by atoms with E-state index in [9.17, 15) is 0 Å². The van der Waals surface area contributed by atoms with Crippen LogP contribution < -0.4 is 15.7 Å². The van der Waals surface area contributed by atoms with Gasteiger partial charge in [0.05, 0.1) is 11.0 Å². The maximum atomic E-state index is 6.78. The summed E-state index contributed by atoms with van der Waals surface area (Å²) in [6, 6.07) is 50.8. The molecule has 0 amide bonds. The number of rotatable bonds is 1. The lowest BCUT2D eigenvalue weighted by Gasteiger charge is -2.42. The van der Waals surface area contributed by atoms with Gasteiger partial charge in [-0.3, -0.25) is 0 Å². The fourth-order valence-electron chi connectivity index (χ4n) is 12.6. The fourth-order valence-corrected chi connectivity index (χ4v) is 13.7. The monoisotopic (exact) mass is 870 g/mol. The number of furan rings is 2. The molecule has 0 spiro atoms. The summed E-state index contributed by atoms with van der Waals surface area (Å²) in [4.78, 5) is 2.67. The summed E-state index contributed by atoms with van der Waals surface area (Å²) in [6.45, 7) is 16.6. The molecule has 4 aromatic heterocycles. The minimum Gasteiger partial charge on any atom is -0.456 e. The van der Waals surface area contributed by atoms with Crippen LogP contribution in [0.1, 0.15) is 78.0 Å². The predicted octanol–water partition coefficient (Wildman–Crippen LogP) is 15.8. The zero-order chi connectivity index (χ0) is 44.3. The molecule has 66 heavy (non-hydrogen) atoms. The molecule has 0 unspecified atom stereocenters. The highest BCUT2D eigenvalue weighted by atomic mass is 32.1. The van der Waals surface area contributed by atoms with Crippen molar-refractivity contribution in [3.63, 3.8) is 0 Å². The number of thiophene rings is 1. The van der Waals surface area contributed by atoms with E-state index in [0.29, 0.717) is 0 Å². The van der Waals surface area contributed by atoms with Crippen molar-refractivity contribution in [3.8, 4) is 16.8 Å². The molecule has 2 aliphatic heterocycles. The standard InChI is InChI=1S/C60H47BN2O2S/c1-58(2,3)32-16-18-33(19-17-32)63-48-27-43-42-24-44-45(60(6,7)23-22-59(44,4)5)30-55(42)66-54(43)29-39(48)36-20-21-37-38-28-52-40(34-12-8-10-14-50(34)64-52)25-47(38)62-49-26-41-35-13-9-11-15-51(35)65-53(41)31-46(49)61(63)56(36)57(37)62/h8-21,24-31H,22-23H2,1-7H3. The first kappa shape index (κ1) is 37.5. The van der Waals surface area contributed by atoms with Gasteiger partial charge in [-0.25, -0.2) is 0 Å². The molecule has 3 aliphatic rings. The molecule has 12 aromatic rings. The summed E-state index contributed by atoms with van der Waals surface area (Å²) in [6.07, 6.45) is 2.40. The number of anilines is 2. The van der Waals surface area contributed by atoms with Crippen LogP contribution >= 0.6 is 11.3 Å². The van der Waals surface area contributed by atoms with E-state index < -0.39 is 0 Å². The van der Waals surface area contributed by atoms with Gasteiger partial charge in [0, 0.05) is 75.1 Å². The Morgan fingerprint density at radius 2 is 1.15 bits per heavy atom. The van der Waals surface area contributed by atoms with E-state index in [1.165, 1.54) is 111 Å². The Labute approximate surface area is 387 Å². The van der Waals surface area contributed by atoms with Crippen LogP contribution in [0.2, 0.25) is 0 Å². The van der Waals surface area contributed by atoms with Gasteiger partial charge >= 0.3 is 6.85 Å². The highest BCUT2D eigenvalue weighted by Crippen LogP contribution is 2.53. The first-order valence-corrected chi connectivity index (χ1v) is 24.5. The predicted molar refractivity (Wildman–Crippen MR) is 281 cm³/mol. The number of nitrogens with zero attached hydrogens (tertiary/aromatic N) is 2. The lowest BCUT2D eigenvalue weighted by Crippen LogP contribution is -2.60. The summed E-state index contributed by atoms with van der Waals surface area (Å²) in [5.41, 5.74) is 19.5. The maximum Gasteiger partial charge on any atom is 0.333 e. The number of para-hydroxylation sites is 2. The van der Waals surface area contributed by atoms with Gasteiger partial charge in [0.25, 0.3) is 0 Å². The lowest BCUT2D eigenvalue weighted by atomic mass is 9.44. The Bertz CT molecular complexity index is 4170. The van der Waals surface area contributed by atoms with Crippen molar-refractivity contribution in [2.24, 2.45) is 0 Å². The third-order valence-electron chi connectivity index (χ3n) is 16.2. The van der Waals surface area contributed by atoms with E-state index in [1.807, 2.05) is 11.3 Å². The summed E-state index contributed by atoms with van der Waals surface area (Å²) in [5, 5.41) is 9.69. The van der Waals surface area contributed by atoms with Crippen LogP contribution in [-0.2, 0) is 16.2 Å². The third kappa shape index (κ3) is 4.75. The van der Waals surface area contributed by atoms with Crippen LogP contribution in [0.25, 0.3) is 103 Å². The Morgan fingerprint density at radius 1 is 0.530 bits per heavy atom. The van der Waals surface area contributed by atoms with Gasteiger partial charge < -0.3 is 18.2 Å². The second kappa shape index (κ2) is 12.2. The SMILES string of the molecule is CC(C)(C)c1ccc(N2B3c4cc5oc6ccccc6c5cc4-n4c5cc6c(cc5c5ccc(c3c54)-c3cc4sc5cc7c(cc5c4cc32)C(C)(C)CCC7(C)C)oc2ccccc26)cc1. The largest absolute Gasteiger partial charge is 0.456 e. The molecule has 15 rings (SSSR count). The van der Waals surface area contributed by atoms with Crippen LogP contribution in [0.15, 0.2) is 142 Å². The van der Waals surface area contributed by atoms with E-state index >= 15 is 0 Å². The van der Waals surface area contributed by atoms with Crippen molar-refractivity contribution < 1.29 is 8.83 Å². The van der Waals surface area contributed by atoms with E-state index in [1.54, 1.807) is 0 Å². The smallest absolute Gasteiger partial charge is 0.333 e. The van der Waals surface area contributed by atoms with Gasteiger partial charge in [0.2, 0.25) is 0 Å². The number of hydrogen-bond acceptors (Lipinski definition) is 4. The summed E-state index contributed by atoms with van der Waals surface area (Å²) >= 11 is 1.96. The second-order valence-electron chi connectivity index (χ2n) is 21.9. The zero-order valence-electron chi connectivity index (χ0n) is 38.3. The number of benzene rings is 8. The second-order valence-corrected chi connectivity index (χ2v) is 23.0. The Balaban J connectivity index is 1.10. The van der Waals surface area contributed by atoms with Gasteiger partial charge in [-0.2, -0.15) is 0 Å². The average molecular weight is 871 g/mol. The van der Waals surface area contributed by atoms with Crippen molar-refractivity contribution >= 4 is 126 Å². The van der Waals surface area contributed by atoms with Gasteiger partial charge in [-0.15, -0.1) is 11.3 Å². The molecule has 4 nitrogen and oxygen atoms in total. The minimum absolute atomic E-state index is 0.0239. The molecule has 0 fully saturated rings. The van der Waals surface area contributed by atoms with Crippen LogP contribution in [0.5, 0.6) is 0 Å². The molecule has 0 bridgehead atoms. The maximum absolute atomic E-state index is 6.78. The van der Waals surface area contributed by atoms with Crippen molar-refractivity contribution in [1.82, 2.24) is 4.57 Å². The van der Waals surface area contributed by atoms with E-state index in [-0.39, 0.29) is 23.1 Å². The Morgan fingerprint density at radius 3 is 1.86 bits per heavy atom. The summed E-state index contributed by atoms with van der Waals surface area (Å²) < 4.78 is 18.7. The van der Waals surface area contributed by atoms with Crippen LogP contribution in [0.3, 0.4) is 0 Å². The van der Waals surface area contributed by atoms with E-state index in [0.717, 1.165) is 43.9 Å². The molecule has 8 aromatic carbocycles. The molecule has 6 heteroatoms. The molecular formula is C60H47BN2O2S. The van der Waals surface area contributed by atoms with Crippen molar-refractivity contribution in [2.75, 3.05) is 4.81 Å². The summed E-state index contributed by atoms with van der Waals surface area (Å²) in [7, 11) is 0. The highest BCUT2D eigenvalue weighted by molar-refractivity contribution is 7.25. The topological polar surface area (TPSA) is 34.5 Å². The number of fused-ring (bicyclic) bond motifs is 18. The first-order valence-electron chi connectivity index (χ1n) is 23.6. The molecule has 6 heterocycles. The molecular weight excluding hydrogens is 824 g/mol. The van der Waals surface area contributed by atoms with Crippen molar-refractivity contribution in [1.29, 1.82) is 0 Å². The number of hydrogen-bond donors (Lipinski definition) is 0. The molecule has 0 atom stereocenters. The quantitative estimate of drug-likeness (QED) is 0.154. The van der Waals surface area contributed by atoms with E-state index in [2.05, 4.69) is 191 Å². The van der Waals surface area contributed by atoms with Crippen molar-refractivity contribution in [2.45, 2.75) is 77.6 Å². The van der Waals surface area contributed by atoms with Gasteiger partial charge in [0.1, 0.15) is 22.3 Å². The number of aromatic nitrogens is 1. The first-order chi connectivity index (χ1) is 31.8. The average Bonchev–Trinajstić information content (AvgIpc) is 4.05. The zero-order valence-corrected chi connectivity index (χ0v) is 39.1. The third-order valence-corrected chi connectivity index (χ3v) is 17.3. The summed E-state index contributed by atoms with van der Waals surface area (Å²) in [5.74, 6) is 0. The van der Waals surface area contributed by atoms with Gasteiger partial charge in [-0.05, 0) is 135 Å². The highest BCUT2D eigenvalue weighted by Gasteiger charge is 2.45. The van der Waals surface area contributed by atoms with Crippen LogP contribution in [-0.4, -0.2) is 11.4 Å². The molecule has 318 valence electrons. The van der Waals surface area contributed by atoms with Crippen molar-refractivity contribution in [3.05, 3.63) is 150 Å². The van der Waals surface area contributed by atoms with Gasteiger partial charge in [-0.1, -0.05) is 109 Å².